The molecule has 1 heterocycles. The van der Waals surface area contributed by atoms with Crippen molar-refractivity contribution in [2.75, 3.05) is 4.72 Å². The molecule has 2 aromatic rings. The average molecular weight is 290 g/mol. The number of aromatic nitrogens is 2. The van der Waals surface area contributed by atoms with Crippen molar-refractivity contribution in [3.8, 4) is 0 Å². The van der Waals surface area contributed by atoms with Crippen LogP contribution in [-0.4, -0.2) is 18.6 Å². The average Bonchev–Trinajstić information content (AvgIpc) is 2.71. The Morgan fingerprint density at radius 2 is 2.17 bits per heavy atom. The number of hydrogen-bond acceptors (Lipinski definition) is 3. The Bertz CT molecular complexity index is 664. The van der Waals surface area contributed by atoms with E-state index in [1.165, 1.54) is 12.1 Å². The molecule has 0 aliphatic rings. The van der Waals surface area contributed by atoms with Crippen molar-refractivity contribution in [2.45, 2.75) is 11.8 Å². The number of hydrogen-bond donors (Lipinski definition) is 2. The van der Waals surface area contributed by atoms with Crippen LogP contribution in [0, 0.1) is 12.7 Å². The molecule has 0 unspecified atom stereocenters. The number of H-pyrrole nitrogens is 1. The Morgan fingerprint density at radius 3 is 2.72 bits per heavy atom. The number of aromatic amines is 1. The van der Waals surface area contributed by atoms with Gasteiger partial charge in [-0.2, -0.15) is 5.10 Å². The molecule has 0 amide bonds. The first-order valence-corrected chi connectivity index (χ1v) is 6.75. The van der Waals surface area contributed by atoms with E-state index in [0.717, 1.165) is 12.3 Å². The molecule has 8 heteroatoms. The summed E-state index contributed by atoms with van der Waals surface area (Å²) in [6.45, 7) is 1.55. The first-order valence-electron chi connectivity index (χ1n) is 4.88. The highest BCUT2D eigenvalue weighted by Crippen LogP contribution is 2.27. The van der Waals surface area contributed by atoms with Gasteiger partial charge in [0.05, 0.1) is 16.9 Å². The van der Waals surface area contributed by atoms with Gasteiger partial charge in [-0.15, -0.1) is 0 Å². The van der Waals surface area contributed by atoms with E-state index in [4.69, 9.17) is 11.6 Å². The molecule has 0 radical (unpaired) electrons. The molecule has 0 aliphatic carbocycles. The molecule has 0 bridgehead atoms. The third-order valence-corrected chi connectivity index (χ3v) is 4.05. The zero-order chi connectivity index (χ0) is 13.3. The van der Waals surface area contributed by atoms with Crippen LogP contribution in [0.25, 0.3) is 0 Å². The van der Waals surface area contributed by atoms with Gasteiger partial charge in [0, 0.05) is 0 Å². The minimum atomic E-state index is -3.91. The van der Waals surface area contributed by atoms with Crippen LogP contribution < -0.4 is 4.72 Å². The Labute approximate surface area is 108 Å². The number of rotatable bonds is 3. The largest absolute Gasteiger partial charge is 0.281 e. The van der Waals surface area contributed by atoms with Gasteiger partial charge in [-0.05, 0) is 19.1 Å². The molecule has 0 fully saturated rings. The molecule has 2 N–H and O–H groups in total. The van der Waals surface area contributed by atoms with Crippen LogP contribution in [0.3, 0.4) is 0 Å². The lowest BCUT2D eigenvalue weighted by molar-refractivity contribution is 0.598. The van der Waals surface area contributed by atoms with Crippen LogP contribution in [0.2, 0.25) is 5.02 Å². The van der Waals surface area contributed by atoms with Crippen molar-refractivity contribution >= 4 is 27.3 Å². The summed E-state index contributed by atoms with van der Waals surface area (Å²) in [4.78, 5) is -0.0539. The summed E-state index contributed by atoms with van der Waals surface area (Å²) in [6.07, 6.45) is 1.15. The quantitative estimate of drug-likeness (QED) is 0.910. The van der Waals surface area contributed by atoms with Crippen LogP contribution in [0.1, 0.15) is 5.69 Å². The van der Waals surface area contributed by atoms with Crippen LogP contribution >= 0.6 is 11.6 Å². The Morgan fingerprint density at radius 1 is 1.44 bits per heavy atom. The number of halogens is 2. The fraction of sp³-hybridized carbons (Fsp3) is 0.100. The van der Waals surface area contributed by atoms with Gasteiger partial charge in [0.1, 0.15) is 16.4 Å². The predicted molar refractivity (Wildman–Crippen MR) is 65.5 cm³/mol. The third-order valence-electron chi connectivity index (χ3n) is 2.27. The van der Waals surface area contributed by atoms with E-state index < -0.39 is 15.8 Å². The summed E-state index contributed by atoms with van der Waals surface area (Å²) in [5, 5.41) is 6.08. The fourth-order valence-electron chi connectivity index (χ4n) is 1.40. The molecular formula is C10H9ClFN3O2S. The molecular weight excluding hydrogens is 281 g/mol. The normalized spacial score (nSPS) is 11.5. The Balaban J connectivity index is 2.44. The van der Waals surface area contributed by atoms with E-state index in [1.54, 1.807) is 6.92 Å². The zero-order valence-corrected chi connectivity index (χ0v) is 10.8. The highest BCUT2D eigenvalue weighted by molar-refractivity contribution is 7.92. The van der Waals surface area contributed by atoms with Crippen molar-refractivity contribution in [1.82, 2.24) is 10.2 Å². The van der Waals surface area contributed by atoms with Gasteiger partial charge in [0.15, 0.2) is 0 Å². The summed E-state index contributed by atoms with van der Waals surface area (Å²) in [5.74, 6) is -0.743. The van der Waals surface area contributed by atoms with Gasteiger partial charge in [0.2, 0.25) is 0 Å². The second-order valence-electron chi connectivity index (χ2n) is 3.56. The van der Waals surface area contributed by atoms with Gasteiger partial charge in [0.25, 0.3) is 10.0 Å². The molecule has 18 heavy (non-hydrogen) atoms. The second-order valence-corrected chi connectivity index (χ2v) is 5.62. The summed E-state index contributed by atoms with van der Waals surface area (Å²) in [5.41, 5.74) is 0.0785. The molecule has 0 saturated heterocycles. The second kappa shape index (κ2) is 4.58. The molecule has 5 nitrogen and oxygen atoms in total. The molecule has 0 spiro atoms. The van der Waals surface area contributed by atoms with Crippen LogP contribution in [-0.2, 0) is 10.0 Å². The van der Waals surface area contributed by atoms with E-state index >= 15 is 0 Å². The van der Waals surface area contributed by atoms with E-state index in [-0.39, 0.29) is 15.6 Å². The van der Waals surface area contributed by atoms with Crippen LogP contribution in [0.4, 0.5) is 10.1 Å². The zero-order valence-electron chi connectivity index (χ0n) is 9.24. The van der Waals surface area contributed by atoms with Gasteiger partial charge in [-0.3, -0.25) is 9.82 Å². The summed E-state index contributed by atoms with van der Waals surface area (Å²) in [6, 6.07) is 3.90. The van der Waals surface area contributed by atoms with E-state index in [1.807, 2.05) is 0 Å². The number of para-hydroxylation sites is 1. The number of aryl methyl sites for hydroxylation is 1. The minimum absolute atomic E-state index is 0.0141. The summed E-state index contributed by atoms with van der Waals surface area (Å²) in [7, 11) is -3.91. The molecule has 0 saturated carbocycles. The lowest BCUT2D eigenvalue weighted by Crippen LogP contribution is -2.14. The SMILES string of the molecule is Cc1[nH]ncc1S(=O)(=O)Nc1c(F)cccc1Cl. The summed E-state index contributed by atoms with van der Waals surface area (Å²) >= 11 is 5.75. The molecule has 1 aromatic heterocycles. The molecule has 0 aliphatic heterocycles. The van der Waals surface area contributed by atoms with E-state index in [0.29, 0.717) is 5.69 Å². The van der Waals surface area contributed by atoms with Crippen LogP contribution in [0.15, 0.2) is 29.3 Å². The van der Waals surface area contributed by atoms with Crippen molar-refractivity contribution in [2.24, 2.45) is 0 Å². The fourth-order valence-corrected chi connectivity index (χ4v) is 2.89. The molecule has 0 atom stereocenters. The van der Waals surface area contributed by atoms with Gasteiger partial charge in [-0.25, -0.2) is 12.8 Å². The number of nitrogens with zero attached hydrogens (tertiary/aromatic N) is 1. The van der Waals surface area contributed by atoms with Gasteiger partial charge >= 0.3 is 0 Å². The number of anilines is 1. The lowest BCUT2D eigenvalue weighted by atomic mass is 10.3. The van der Waals surface area contributed by atoms with Crippen LogP contribution in [0.5, 0.6) is 0 Å². The maximum absolute atomic E-state index is 13.5. The highest BCUT2D eigenvalue weighted by Gasteiger charge is 2.21. The Hall–Kier alpha value is -1.60. The van der Waals surface area contributed by atoms with E-state index in [2.05, 4.69) is 14.9 Å². The van der Waals surface area contributed by atoms with Crippen molar-refractivity contribution in [3.05, 3.63) is 40.9 Å². The summed E-state index contributed by atoms with van der Waals surface area (Å²) < 4.78 is 39.6. The number of benzene rings is 1. The lowest BCUT2D eigenvalue weighted by Gasteiger charge is -2.09. The Kier molecular flexibility index (Phi) is 3.27. The van der Waals surface area contributed by atoms with Gasteiger partial charge < -0.3 is 0 Å². The third kappa shape index (κ3) is 2.32. The first kappa shape index (κ1) is 12.8. The minimum Gasteiger partial charge on any atom is -0.281 e. The highest BCUT2D eigenvalue weighted by atomic mass is 35.5. The molecule has 2 rings (SSSR count). The van der Waals surface area contributed by atoms with Crippen molar-refractivity contribution in [1.29, 1.82) is 0 Å². The molecule has 1 aromatic carbocycles. The number of sulfonamides is 1. The van der Waals surface area contributed by atoms with Crippen molar-refractivity contribution < 1.29 is 12.8 Å². The standard InChI is InChI=1S/C10H9ClFN3O2S/c1-6-9(5-13-14-6)18(16,17)15-10-7(11)3-2-4-8(10)12/h2-5,15H,1H3,(H,13,14). The smallest absolute Gasteiger partial charge is 0.265 e. The number of nitrogens with one attached hydrogen (secondary N) is 2. The van der Waals surface area contributed by atoms with E-state index in [9.17, 15) is 12.8 Å². The first-order chi connectivity index (χ1) is 8.42. The molecule has 96 valence electrons. The predicted octanol–water partition coefficient (Wildman–Crippen LogP) is 2.31. The monoisotopic (exact) mass is 289 g/mol. The van der Waals surface area contributed by atoms with Gasteiger partial charge in [-0.1, -0.05) is 17.7 Å². The topological polar surface area (TPSA) is 74.8 Å². The maximum atomic E-state index is 13.5. The maximum Gasteiger partial charge on any atom is 0.265 e. The van der Waals surface area contributed by atoms with Crippen molar-refractivity contribution in [3.63, 3.8) is 0 Å².